The molecule has 0 saturated carbocycles. The van der Waals surface area contributed by atoms with E-state index in [1.807, 2.05) is 36.4 Å². The Labute approximate surface area is 187 Å². The lowest BCUT2D eigenvalue weighted by Gasteiger charge is -2.25. The third kappa shape index (κ3) is 4.04. The third-order valence-corrected chi connectivity index (χ3v) is 5.65. The molecule has 1 N–H and O–H groups in total. The number of aromatic nitrogens is 5. The van der Waals surface area contributed by atoms with Crippen molar-refractivity contribution in [1.29, 1.82) is 0 Å². The maximum absolute atomic E-state index is 5.48. The number of hydrogen-bond donors (Lipinski definition) is 1. The Balaban J connectivity index is 1.34. The molecule has 2 aromatic heterocycles. The minimum atomic E-state index is 0.493. The van der Waals surface area contributed by atoms with Crippen molar-refractivity contribution >= 4 is 44.4 Å². The Bertz CT molecular complexity index is 1210. The van der Waals surface area contributed by atoms with Gasteiger partial charge in [0.05, 0.1) is 30.5 Å². The molecule has 5 rings (SSSR count). The van der Waals surface area contributed by atoms with Gasteiger partial charge in [0, 0.05) is 30.4 Å². The summed E-state index contributed by atoms with van der Waals surface area (Å²) in [5.41, 5.74) is 2.53. The molecule has 10 heteroatoms. The van der Waals surface area contributed by atoms with Crippen LogP contribution in [-0.4, -0.2) is 58.1 Å². The zero-order valence-electron chi connectivity index (χ0n) is 16.8. The number of benzene rings is 2. The van der Waals surface area contributed by atoms with Crippen molar-refractivity contribution in [2.75, 3.05) is 43.6 Å². The van der Waals surface area contributed by atoms with Crippen LogP contribution in [0.1, 0.15) is 0 Å². The average Bonchev–Trinajstić information content (AvgIpc) is 3.30. The number of nitrogens with one attached hydrogen (secondary N) is 1. The Hall–Kier alpha value is -3.24. The van der Waals surface area contributed by atoms with E-state index in [1.165, 1.54) is 0 Å². The van der Waals surface area contributed by atoms with Gasteiger partial charge in [-0.1, -0.05) is 0 Å². The van der Waals surface area contributed by atoms with Gasteiger partial charge >= 0.3 is 0 Å². The van der Waals surface area contributed by atoms with E-state index in [4.69, 9.17) is 9.47 Å². The lowest BCUT2D eigenvalue weighted by Crippen LogP contribution is -2.37. The summed E-state index contributed by atoms with van der Waals surface area (Å²) in [5, 5.41) is 8.74. The molecule has 1 saturated heterocycles. The highest BCUT2D eigenvalue weighted by molar-refractivity contribution is 9.10. The number of rotatable bonds is 5. The van der Waals surface area contributed by atoms with Gasteiger partial charge in [0.1, 0.15) is 11.8 Å². The van der Waals surface area contributed by atoms with E-state index in [0.717, 1.165) is 45.8 Å². The molecule has 31 heavy (non-hydrogen) atoms. The van der Waals surface area contributed by atoms with Crippen LogP contribution >= 0.6 is 15.9 Å². The topological polar surface area (TPSA) is 90.2 Å². The molecule has 2 aromatic carbocycles. The summed E-state index contributed by atoms with van der Waals surface area (Å²) in [6.07, 6.45) is 3.50. The second kappa shape index (κ2) is 8.48. The van der Waals surface area contributed by atoms with Gasteiger partial charge in [-0.05, 0) is 52.3 Å². The Kier molecular flexibility index (Phi) is 5.39. The molecule has 0 bridgehead atoms. The van der Waals surface area contributed by atoms with Crippen molar-refractivity contribution < 1.29 is 9.47 Å². The zero-order valence-corrected chi connectivity index (χ0v) is 18.4. The number of anilines is 3. The SMILES string of the molecule is COc1c(Br)ccc2cnc(Nc3ccc(-n4cnc(N5CCOCC5)n4)cc3)nc12. The zero-order chi connectivity index (χ0) is 21.2. The Morgan fingerprint density at radius 2 is 1.87 bits per heavy atom. The van der Waals surface area contributed by atoms with Crippen molar-refractivity contribution in [3.8, 4) is 11.4 Å². The molecule has 0 radical (unpaired) electrons. The van der Waals surface area contributed by atoms with E-state index in [2.05, 4.69) is 46.2 Å². The summed E-state index contributed by atoms with van der Waals surface area (Å²) >= 11 is 3.50. The van der Waals surface area contributed by atoms with Crippen molar-refractivity contribution in [3.63, 3.8) is 0 Å². The van der Waals surface area contributed by atoms with E-state index in [9.17, 15) is 0 Å². The van der Waals surface area contributed by atoms with Crippen LogP contribution in [0.5, 0.6) is 5.75 Å². The highest BCUT2D eigenvalue weighted by Crippen LogP contribution is 2.32. The number of hydrogen-bond acceptors (Lipinski definition) is 8. The molecule has 0 unspecified atom stereocenters. The van der Waals surface area contributed by atoms with Crippen LogP contribution in [0.3, 0.4) is 0 Å². The first-order chi connectivity index (χ1) is 15.2. The normalized spacial score (nSPS) is 14.1. The Morgan fingerprint density at radius 1 is 1.06 bits per heavy atom. The average molecular weight is 482 g/mol. The van der Waals surface area contributed by atoms with E-state index in [0.29, 0.717) is 24.9 Å². The third-order valence-electron chi connectivity index (χ3n) is 5.02. The predicted molar refractivity (Wildman–Crippen MR) is 121 cm³/mol. The fourth-order valence-corrected chi connectivity index (χ4v) is 3.90. The van der Waals surface area contributed by atoms with Gasteiger partial charge in [-0.2, -0.15) is 4.98 Å². The van der Waals surface area contributed by atoms with Crippen LogP contribution in [0, 0.1) is 0 Å². The molecule has 0 aliphatic carbocycles. The van der Waals surface area contributed by atoms with Gasteiger partial charge < -0.3 is 19.7 Å². The van der Waals surface area contributed by atoms with Crippen LogP contribution in [0.25, 0.3) is 16.6 Å². The minimum Gasteiger partial charge on any atom is -0.493 e. The number of halogens is 1. The first-order valence-corrected chi connectivity index (χ1v) is 10.6. The maximum atomic E-state index is 5.48. The van der Waals surface area contributed by atoms with Gasteiger partial charge in [0.15, 0.2) is 5.75 Å². The van der Waals surface area contributed by atoms with E-state index < -0.39 is 0 Å². The van der Waals surface area contributed by atoms with Crippen LogP contribution in [0.15, 0.2) is 53.4 Å². The second-order valence-electron chi connectivity index (χ2n) is 6.97. The number of fused-ring (bicyclic) bond motifs is 1. The van der Waals surface area contributed by atoms with E-state index >= 15 is 0 Å². The number of ether oxygens (including phenoxy) is 2. The summed E-state index contributed by atoms with van der Waals surface area (Å²) in [6.45, 7) is 3.02. The van der Waals surface area contributed by atoms with Gasteiger partial charge in [-0.25, -0.2) is 14.6 Å². The summed E-state index contributed by atoms with van der Waals surface area (Å²) in [4.78, 5) is 15.6. The van der Waals surface area contributed by atoms with Gasteiger partial charge in [-0.15, -0.1) is 5.10 Å². The number of morpholine rings is 1. The number of nitrogens with zero attached hydrogens (tertiary/aromatic N) is 6. The van der Waals surface area contributed by atoms with Crippen LogP contribution in [-0.2, 0) is 4.74 Å². The van der Waals surface area contributed by atoms with E-state index in [1.54, 1.807) is 24.3 Å². The van der Waals surface area contributed by atoms with Gasteiger partial charge in [0.2, 0.25) is 11.9 Å². The van der Waals surface area contributed by atoms with Gasteiger partial charge in [-0.3, -0.25) is 0 Å². The van der Waals surface area contributed by atoms with Crippen molar-refractivity contribution in [2.45, 2.75) is 0 Å². The molecule has 4 aromatic rings. The highest BCUT2D eigenvalue weighted by Gasteiger charge is 2.15. The molecule has 158 valence electrons. The molecule has 1 aliphatic heterocycles. The molecular weight excluding hydrogens is 462 g/mol. The lowest BCUT2D eigenvalue weighted by atomic mass is 10.2. The largest absolute Gasteiger partial charge is 0.493 e. The van der Waals surface area contributed by atoms with Crippen LogP contribution in [0.4, 0.5) is 17.6 Å². The molecular formula is C21H20BrN7O2. The van der Waals surface area contributed by atoms with E-state index in [-0.39, 0.29) is 0 Å². The summed E-state index contributed by atoms with van der Waals surface area (Å²) in [6, 6.07) is 11.7. The monoisotopic (exact) mass is 481 g/mol. The van der Waals surface area contributed by atoms with Crippen molar-refractivity contribution in [1.82, 2.24) is 24.7 Å². The van der Waals surface area contributed by atoms with Gasteiger partial charge in [0.25, 0.3) is 0 Å². The fraction of sp³-hybridized carbons (Fsp3) is 0.238. The molecule has 9 nitrogen and oxygen atoms in total. The van der Waals surface area contributed by atoms with Crippen molar-refractivity contribution in [3.05, 3.63) is 53.4 Å². The first kappa shape index (κ1) is 19.7. The Morgan fingerprint density at radius 3 is 2.65 bits per heavy atom. The summed E-state index contributed by atoms with van der Waals surface area (Å²) in [7, 11) is 1.63. The second-order valence-corrected chi connectivity index (χ2v) is 7.83. The van der Waals surface area contributed by atoms with Crippen LogP contribution < -0.4 is 15.0 Å². The minimum absolute atomic E-state index is 0.493. The molecule has 0 amide bonds. The molecule has 0 atom stereocenters. The molecule has 1 aliphatic rings. The van der Waals surface area contributed by atoms with Crippen molar-refractivity contribution in [2.24, 2.45) is 0 Å². The molecule has 0 spiro atoms. The summed E-state index contributed by atoms with van der Waals surface area (Å²) < 4.78 is 13.5. The quantitative estimate of drug-likeness (QED) is 0.462. The molecule has 1 fully saturated rings. The standard InChI is InChI=1S/C21H20BrN7O2/c1-30-19-17(22)7-2-14-12-23-20(26-18(14)19)25-15-3-5-16(6-4-15)29-13-24-21(27-29)28-8-10-31-11-9-28/h2-7,12-13H,8-11H2,1H3,(H,23,25,26). The molecule has 3 heterocycles. The fourth-order valence-electron chi connectivity index (χ4n) is 3.41. The highest BCUT2D eigenvalue weighted by atomic mass is 79.9. The predicted octanol–water partition coefficient (Wildman–Crippen LogP) is 3.56. The summed E-state index contributed by atoms with van der Waals surface area (Å²) in [5.74, 6) is 1.89. The smallest absolute Gasteiger partial charge is 0.245 e. The first-order valence-electron chi connectivity index (χ1n) is 9.82. The maximum Gasteiger partial charge on any atom is 0.245 e. The van der Waals surface area contributed by atoms with Crippen LogP contribution in [0.2, 0.25) is 0 Å². The lowest BCUT2D eigenvalue weighted by molar-refractivity contribution is 0.122. The number of methoxy groups -OCH3 is 1.